The second kappa shape index (κ2) is 7.93. The van der Waals surface area contributed by atoms with Crippen LogP contribution in [0.1, 0.15) is 55.5 Å². The van der Waals surface area contributed by atoms with Gasteiger partial charge in [-0.2, -0.15) is 0 Å². The lowest BCUT2D eigenvalue weighted by atomic mass is 9.98. The Morgan fingerprint density at radius 3 is 2.57 bits per heavy atom. The highest BCUT2D eigenvalue weighted by Gasteiger charge is 2.19. The molecule has 1 fully saturated rings. The summed E-state index contributed by atoms with van der Waals surface area (Å²) in [5.74, 6) is 0.0354. The van der Waals surface area contributed by atoms with Gasteiger partial charge in [0.15, 0.2) is 0 Å². The van der Waals surface area contributed by atoms with Gasteiger partial charge in [-0.25, -0.2) is 0 Å². The summed E-state index contributed by atoms with van der Waals surface area (Å²) < 4.78 is 5.70. The van der Waals surface area contributed by atoms with Crippen LogP contribution in [-0.4, -0.2) is 47.8 Å². The minimum atomic E-state index is -0.658. The van der Waals surface area contributed by atoms with E-state index in [-0.39, 0.29) is 12.0 Å². The highest BCUT2D eigenvalue weighted by atomic mass is 16.5. The highest BCUT2D eigenvalue weighted by Crippen LogP contribution is 2.16. The van der Waals surface area contributed by atoms with Gasteiger partial charge < -0.3 is 14.7 Å². The summed E-state index contributed by atoms with van der Waals surface area (Å²) in [6.07, 6.45) is 5.03. The molecule has 23 heavy (non-hydrogen) atoms. The maximum absolute atomic E-state index is 12.5. The predicted molar refractivity (Wildman–Crippen MR) is 91.6 cm³/mol. The SMILES string of the molecule is CN(CC1CCCCO1)C(=O)c1ccc(CCC(C)(C)O)cc1. The van der Waals surface area contributed by atoms with Crippen molar-refractivity contribution in [1.29, 1.82) is 0 Å². The third-order valence-electron chi connectivity index (χ3n) is 4.32. The van der Waals surface area contributed by atoms with Crippen LogP contribution in [0.15, 0.2) is 24.3 Å². The van der Waals surface area contributed by atoms with Crippen LogP contribution in [0.25, 0.3) is 0 Å². The Morgan fingerprint density at radius 1 is 1.30 bits per heavy atom. The Morgan fingerprint density at radius 2 is 2.00 bits per heavy atom. The van der Waals surface area contributed by atoms with Crippen molar-refractivity contribution in [1.82, 2.24) is 4.90 Å². The van der Waals surface area contributed by atoms with Crippen molar-refractivity contribution in [3.8, 4) is 0 Å². The van der Waals surface area contributed by atoms with E-state index in [9.17, 15) is 9.90 Å². The fraction of sp³-hybridized carbons (Fsp3) is 0.632. The maximum Gasteiger partial charge on any atom is 0.253 e. The van der Waals surface area contributed by atoms with Crippen LogP contribution >= 0.6 is 0 Å². The van der Waals surface area contributed by atoms with Gasteiger partial charge in [0, 0.05) is 25.8 Å². The number of aryl methyl sites for hydroxylation is 1. The number of carbonyl (C=O) groups excluding carboxylic acids is 1. The van der Waals surface area contributed by atoms with Crippen LogP contribution in [0.3, 0.4) is 0 Å². The largest absolute Gasteiger partial charge is 0.390 e. The second-order valence-electron chi connectivity index (χ2n) is 7.18. The molecular formula is C19H29NO3. The Kier molecular flexibility index (Phi) is 6.19. The van der Waals surface area contributed by atoms with E-state index in [4.69, 9.17) is 4.74 Å². The maximum atomic E-state index is 12.5. The molecule has 4 heteroatoms. The van der Waals surface area contributed by atoms with Gasteiger partial charge in [0.2, 0.25) is 0 Å². The van der Waals surface area contributed by atoms with Gasteiger partial charge in [-0.1, -0.05) is 12.1 Å². The van der Waals surface area contributed by atoms with Gasteiger partial charge in [-0.3, -0.25) is 4.79 Å². The van der Waals surface area contributed by atoms with Crippen molar-refractivity contribution < 1.29 is 14.6 Å². The van der Waals surface area contributed by atoms with Gasteiger partial charge in [-0.15, -0.1) is 0 Å². The first-order valence-corrected chi connectivity index (χ1v) is 8.53. The van der Waals surface area contributed by atoms with E-state index >= 15 is 0 Å². The lowest BCUT2D eigenvalue weighted by Crippen LogP contribution is -2.37. The summed E-state index contributed by atoms with van der Waals surface area (Å²) in [5.41, 5.74) is 1.19. The summed E-state index contributed by atoms with van der Waals surface area (Å²) in [4.78, 5) is 14.2. The molecule has 1 aromatic rings. The molecule has 0 aromatic heterocycles. The van der Waals surface area contributed by atoms with E-state index < -0.39 is 5.60 Å². The summed E-state index contributed by atoms with van der Waals surface area (Å²) in [6.45, 7) is 5.09. The molecule has 0 bridgehead atoms. The van der Waals surface area contributed by atoms with Crippen molar-refractivity contribution >= 4 is 5.91 Å². The fourth-order valence-corrected chi connectivity index (χ4v) is 2.82. The fourth-order valence-electron chi connectivity index (χ4n) is 2.82. The van der Waals surface area contributed by atoms with Crippen molar-refractivity contribution in [2.45, 2.75) is 57.7 Å². The molecule has 1 aliphatic heterocycles. The number of rotatable bonds is 6. The number of hydrogen-bond acceptors (Lipinski definition) is 3. The normalized spacial score (nSPS) is 18.7. The van der Waals surface area contributed by atoms with Gasteiger partial charge in [-0.05, 0) is 63.6 Å². The molecule has 4 nitrogen and oxygen atoms in total. The number of hydrogen-bond donors (Lipinski definition) is 1. The molecule has 1 N–H and O–H groups in total. The van der Waals surface area contributed by atoms with Crippen LogP contribution in [-0.2, 0) is 11.2 Å². The minimum absolute atomic E-state index is 0.0354. The van der Waals surface area contributed by atoms with E-state index in [0.717, 1.165) is 31.4 Å². The third kappa shape index (κ3) is 5.96. The minimum Gasteiger partial charge on any atom is -0.390 e. The van der Waals surface area contributed by atoms with Crippen LogP contribution in [0.2, 0.25) is 0 Å². The lowest BCUT2D eigenvalue weighted by Gasteiger charge is -2.27. The Bertz CT molecular complexity index is 498. The molecule has 1 heterocycles. The zero-order valence-electron chi connectivity index (χ0n) is 14.5. The van der Waals surface area contributed by atoms with E-state index in [1.54, 1.807) is 4.90 Å². The van der Waals surface area contributed by atoms with Gasteiger partial charge in [0.05, 0.1) is 11.7 Å². The number of aliphatic hydroxyl groups is 1. The standard InChI is InChI=1S/C19H29NO3/c1-19(2,22)12-11-15-7-9-16(10-8-15)18(21)20(3)14-17-6-4-5-13-23-17/h7-10,17,22H,4-6,11-14H2,1-3H3. The highest BCUT2D eigenvalue weighted by molar-refractivity contribution is 5.94. The van der Waals surface area contributed by atoms with Gasteiger partial charge in [0.1, 0.15) is 0 Å². The first-order chi connectivity index (χ1) is 10.8. The monoisotopic (exact) mass is 319 g/mol. The average Bonchev–Trinajstić information content (AvgIpc) is 2.53. The Balaban J connectivity index is 1.88. The zero-order chi connectivity index (χ0) is 16.9. The van der Waals surface area contributed by atoms with Crippen molar-refractivity contribution in [2.24, 2.45) is 0 Å². The number of ether oxygens (including phenoxy) is 1. The van der Waals surface area contributed by atoms with E-state index in [2.05, 4.69) is 0 Å². The topological polar surface area (TPSA) is 49.8 Å². The molecule has 1 saturated heterocycles. The first kappa shape index (κ1) is 18.0. The van der Waals surface area contributed by atoms with Crippen molar-refractivity contribution in [3.63, 3.8) is 0 Å². The van der Waals surface area contributed by atoms with Crippen LogP contribution in [0.5, 0.6) is 0 Å². The molecule has 1 aromatic carbocycles. The van der Waals surface area contributed by atoms with Crippen molar-refractivity contribution in [2.75, 3.05) is 20.2 Å². The number of likely N-dealkylation sites (N-methyl/N-ethyl adjacent to an activating group) is 1. The summed E-state index contributed by atoms with van der Waals surface area (Å²) in [7, 11) is 1.84. The van der Waals surface area contributed by atoms with Crippen molar-refractivity contribution in [3.05, 3.63) is 35.4 Å². The molecule has 128 valence electrons. The van der Waals surface area contributed by atoms with E-state index in [1.807, 2.05) is 45.2 Å². The molecule has 0 spiro atoms. The summed E-state index contributed by atoms with van der Waals surface area (Å²) >= 11 is 0. The smallest absolute Gasteiger partial charge is 0.253 e. The molecule has 1 unspecified atom stereocenters. The quantitative estimate of drug-likeness (QED) is 0.877. The molecule has 0 aliphatic carbocycles. The molecule has 1 amide bonds. The van der Waals surface area contributed by atoms with Gasteiger partial charge >= 0.3 is 0 Å². The third-order valence-corrected chi connectivity index (χ3v) is 4.32. The van der Waals surface area contributed by atoms with Crippen LogP contribution in [0, 0.1) is 0 Å². The molecule has 0 saturated carbocycles. The number of benzene rings is 1. The summed E-state index contributed by atoms with van der Waals surface area (Å²) in [6, 6.07) is 7.70. The molecule has 1 atom stereocenters. The molecule has 1 aliphatic rings. The Hall–Kier alpha value is -1.39. The van der Waals surface area contributed by atoms with E-state index in [1.165, 1.54) is 6.42 Å². The van der Waals surface area contributed by atoms with Gasteiger partial charge in [0.25, 0.3) is 5.91 Å². The van der Waals surface area contributed by atoms with Crippen LogP contribution < -0.4 is 0 Å². The number of carbonyl (C=O) groups is 1. The number of nitrogens with zero attached hydrogens (tertiary/aromatic N) is 1. The number of amides is 1. The molecule has 2 rings (SSSR count). The molecule has 0 radical (unpaired) electrons. The zero-order valence-corrected chi connectivity index (χ0v) is 14.5. The predicted octanol–water partition coefficient (Wildman–Crippen LogP) is 3.03. The van der Waals surface area contributed by atoms with E-state index in [0.29, 0.717) is 18.5 Å². The summed E-state index contributed by atoms with van der Waals surface area (Å²) in [5, 5.41) is 9.78. The Labute approximate surface area is 139 Å². The lowest BCUT2D eigenvalue weighted by molar-refractivity contribution is -0.000187. The average molecular weight is 319 g/mol. The first-order valence-electron chi connectivity index (χ1n) is 8.53. The van der Waals surface area contributed by atoms with Crippen LogP contribution in [0.4, 0.5) is 0 Å². The molecular weight excluding hydrogens is 290 g/mol. The second-order valence-corrected chi connectivity index (χ2v) is 7.18.